The maximum Gasteiger partial charge on any atom is 0.214 e. The van der Waals surface area contributed by atoms with Crippen molar-refractivity contribution in [3.05, 3.63) is 30.3 Å². The Morgan fingerprint density at radius 3 is 2.81 bits per heavy atom. The van der Waals surface area contributed by atoms with Gasteiger partial charge in [0.15, 0.2) is 0 Å². The van der Waals surface area contributed by atoms with Crippen LogP contribution in [0.2, 0.25) is 0 Å². The van der Waals surface area contributed by atoms with Crippen molar-refractivity contribution in [2.75, 3.05) is 12.3 Å². The van der Waals surface area contributed by atoms with Gasteiger partial charge in [-0.1, -0.05) is 30.0 Å². The second-order valence-electron chi connectivity index (χ2n) is 3.20. The van der Waals surface area contributed by atoms with Gasteiger partial charge >= 0.3 is 0 Å². The predicted octanol–water partition coefficient (Wildman–Crippen LogP) is 1.10. The van der Waals surface area contributed by atoms with E-state index in [2.05, 4.69) is 15.5 Å². The van der Waals surface area contributed by atoms with Crippen molar-refractivity contribution < 1.29 is 0 Å². The molecule has 0 aliphatic carbocycles. The molecule has 0 atom stereocenters. The summed E-state index contributed by atoms with van der Waals surface area (Å²) in [6, 6.07) is 9.85. The summed E-state index contributed by atoms with van der Waals surface area (Å²) in [6.45, 7) is 0.694. The number of thioether (sulfide) groups is 1. The third-order valence-electron chi connectivity index (χ3n) is 2.02. The molecule has 0 aliphatic heterocycles. The van der Waals surface area contributed by atoms with Gasteiger partial charge in [-0.05, 0) is 35.5 Å². The minimum absolute atomic E-state index is 0.694. The van der Waals surface area contributed by atoms with E-state index < -0.39 is 0 Å². The summed E-state index contributed by atoms with van der Waals surface area (Å²) < 4.78 is 1.74. The lowest BCUT2D eigenvalue weighted by atomic mass is 10.3. The Morgan fingerprint density at radius 2 is 2.06 bits per heavy atom. The standard InChI is InChI=1S/C10H13N5S/c11-7-4-8-16-10-12-13-14-15(10)9-5-2-1-3-6-9/h1-3,5-6H,4,7-8,11H2. The Labute approximate surface area is 98.0 Å². The highest BCUT2D eigenvalue weighted by atomic mass is 32.2. The molecule has 0 bridgehead atoms. The Kier molecular flexibility index (Phi) is 3.90. The first kappa shape index (κ1) is 11.1. The number of benzene rings is 1. The molecule has 6 heteroatoms. The minimum Gasteiger partial charge on any atom is -0.330 e. The Morgan fingerprint density at radius 1 is 1.25 bits per heavy atom. The number of hydrogen-bond acceptors (Lipinski definition) is 5. The van der Waals surface area contributed by atoms with E-state index in [1.807, 2.05) is 30.3 Å². The van der Waals surface area contributed by atoms with Crippen LogP contribution in [-0.4, -0.2) is 32.5 Å². The molecule has 2 N–H and O–H groups in total. The number of nitrogens with two attached hydrogens (primary N) is 1. The molecule has 1 aromatic carbocycles. The number of para-hydroxylation sites is 1. The van der Waals surface area contributed by atoms with E-state index in [0.29, 0.717) is 6.54 Å². The van der Waals surface area contributed by atoms with Gasteiger partial charge in [0.25, 0.3) is 0 Å². The second kappa shape index (κ2) is 5.62. The summed E-state index contributed by atoms with van der Waals surface area (Å²) in [5, 5.41) is 12.5. The Hall–Kier alpha value is -1.40. The number of aromatic nitrogens is 4. The van der Waals surface area contributed by atoms with Crippen LogP contribution in [0.25, 0.3) is 5.69 Å². The molecule has 84 valence electrons. The molecule has 1 heterocycles. The van der Waals surface area contributed by atoms with Crippen LogP contribution >= 0.6 is 11.8 Å². The molecule has 2 rings (SSSR count). The van der Waals surface area contributed by atoms with E-state index in [1.54, 1.807) is 16.4 Å². The highest BCUT2D eigenvalue weighted by Gasteiger charge is 2.07. The van der Waals surface area contributed by atoms with E-state index >= 15 is 0 Å². The first-order chi connectivity index (χ1) is 7.92. The van der Waals surface area contributed by atoms with Crippen LogP contribution in [0.5, 0.6) is 0 Å². The van der Waals surface area contributed by atoms with Crippen LogP contribution in [0, 0.1) is 0 Å². The number of rotatable bonds is 5. The lowest BCUT2D eigenvalue weighted by Crippen LogP contribution is -2.02. The average molecular weight is 235 g/mol. The highest BCUT2D eigenvalue weighted by Crippen LogP contribution is 2.18. The smallest absolute Gasteiger partial charge is 0.214 e. The molecule has 1 aromatic heterocycles. The van der Waals surface area contributed by atoms with Gasteiger partial charge in [0, 0.05) is 5.75 Å². The van der Waals surface area contributed by atoms with Crippen molar-refractivity contribution in [1.82, 2.24) is 20.2 Å². The Balaban J connectivity index is 2.13. The lowest BCUT2D eigenvalue weighted by Gasteiger charge is -2.02. The van der Waals surface area contributed by atoms with Crippen LogP contribution < -0.4 is 5.73 Å². The predicted molar refractivity (Wildman–Crippen MR) is 63.5 cm³/mol. The third-order valence-corrected chi connectivity index (χ3v) is 3.03. The summed E-state index contributed by atoms with van der Waals surface area (Å²) >= 11 is 1.62. The average Bonchev–Trinajstić information content (AvgIpc) is 2.79. The van der Waals surface area contributed by atoms with Gasteiger partial charge in [-0.25, -0.2) is 0 Å². The molecule has 0 spiro atoms. The SMILES string of the molecule is NCCCSc1nnnn1-c1ccccc1. The van der Waals surface area contributed by atoms with Gasteiger partial charge in [0.05, 0.1) is 5.69 Å². The van der Waals surface area contributed by atoms with Crippen molar-refractivity contribution in [1.29, 1.82) is 0 Å². The zero-order chi connectivity index (χ0) is 11.2. The molecule has 0 unspecified atom stereocenters. The maximum absolute atomic E-state index is 5.45. The normalized spacial score (nSPS) is 10.6. The number of tetrazole rings is 1. The van der Waals surface area contributed by atoms with Crippen LogP contribution in [0.4, 0.5) is 0 Å². The second-order valence-corrected chi connectivity index (χ2v) is 4.26. The summed E-state index contributed by atoms with van der Waals surface area (Å²) in [5.41, 5.74) is 6.42. The van der Waals surface area contributed by atoms with Gasteiger partial charge in [-0.2, -0.15) is 4.68 Å². The van der Waals surface area contributed by atoms with Crippen molar-refractivity contribution in [2.45, 2.75) is 11.6 Å². The van der Waals surface area contributed by atoms with Crippen molar-refractivity contribution in [3.8, 4) is 5.69 Å². The van der Waals surface area contributed by atoms with E-state index in [9.17, 15) is 0 Å². The Bertz CT molecular complexity index is 428. The van der Waals surface area contributed by atoms with Crippen LogP contribution in [0.1, 0.15) is 6.42 Å². The lowest BCUT2D eigenvalue weighted by molar-refractivity contribution is 0.756. The molecule has 0 saturated heterocycles. The third kappa shape index (κ3) is 2.59. The number of hydrogen-bond donors (Lipinski definition) is 1. The van der Waals surface area contributed by atoms with Crippen LogP contribution in [0.3, 0.4) is 0 Å². The monoisotopic (exact) mass is 235 g/mol. The summed E-state index contributed by atoms with van der Waals surface area (Å²) in [6.07, 6.45) is 0.965. The molecular weight excluding hydrogens is 222 g/mol. The van der Waals surface area contributed by atoms with Gasteiger partial charge in [-0.15, -0.1) is 5.10 Å². The van der Waals surface area contributed by atoms with E-state index in [4.69, 9.17) is 5.73 Å². The molecule has 5 nitrogen and oxygen atoms in total. The first-order valence-corrected chi connectivity index (χ1v) is 6.07. The molecule has 0 fully saturated rings. The first-order valence-electron chi connectivity index (χ1n) is 5.08. The van der Waals surface area contributed by atoms with Crippen LogP contribution in [0.15, 0.2) is 35.5 Å². The molecule has 2 aromatic rings. The molecule has 0 radical (unpaired) electrons. The zero-order valence-electron chi connectivity index (χ0n) is 8.78. The zero-order valence-corrected chi connectivity index (χ0v) is 9.60. The summed E-state index contributed by atoms with van der Waals surface area (Å²) in [4.78, 5) is 0. The summed E-state index contributed by atoms with van der Waals surface area (Å²) in [5.74, 6) is 0.934. The van der Waals surface area contributed by atoms with Gasteiger partial charge in [0.2, 0.25) is 5.16 Å². The maximum atomic E-state index is 5.45. The quantitative estimate of drug-likeness (QED) is 0.621. The van der Waals surface area contributed by atoms with E-state index in [0.717, 1.165) is 23.0 Å². The highest BCUT2D eigenvalue weighted by molar-refractivity contribution is 7.99. The largest absolute Gasteiger partial charge is 0.330 e. The minimum atomic E-state index is 0.694. The van der Waals surface area contributed by atoms with E-state index in [1.165, 1.54) is 0 Å². The van der Waals surface area contributed by atoms with Crippen LogP contribution in [-0.2, 0) is 0 Å². The molecule has 0 saturated carbocycles. The molecular formula is C10H13N5S. The molecule has 0 amide bonds. The van der Waals surface area contributed by atoms with Crippen molar-refractivity contribution >= 4 is 11.8 Å². The fourth-order valence-electron chi connectivity index (χ4n) is 1.25. The van der Waals surface area contributed by atoms with Crippen molar-refractivity contribution in [2.24, 2.45) is 5.73 Å². The topological polar surface area (TPSA) is 69.6 Å². The number of nitrogens with zero attached hydrogens (tertiary/aromatic N) is 4. The summed E-state index contributed by atoms with van der Waals surface area (Å²) in [7, 11) is 0. The van der Waals surface area contributed by atoms with Crippen molar-refractivity contribution in [3.63, 3.8) is 0 Å². The molecule has 0 aliphatic rings. The van der Waals surface area contributed by atoms with Gasteiger partial charge in [0.1, 0.15) is 0 Å². The van der Waals surface area contributed by atoms with Gasteiger partial charge in [-0.3, -0.25) is 0 Å². The van der Waals surface area contributed by atoms with Gasteiger partial charge < -0.3 is 5.73 Å². The fourth-order valence-corrected chi connectivity index (χ4v) is 2.10. The van der Waals surface area contributed by atoms with E-state index in [-0.39, 0.29) is 0 Å². The molecule has 16 heavy (non-hydrogen) atoms. The fraction of sp³-hybridized carbons (Fsp3) is 0.300.